The number of benzene rings is 1. The van der Waals surface area contributed by atoms with Gasteiger partial charge in [-0.3, -0.25) is 9.36 Å². The molecule has 0 aliphatic rings. The molecule has 96 valence electrons. The first-order valence-corrected chi connectivity index (χ1v) is 6.02. The highest BCUT2D eigenvalue weighted by Crippen LogP contribution is 2.06. The maximum absolute atomic E-state index is 12.3. The van der Waals surface area contributed by atoms with E-state index in [1.54, 1.807) is 10.6 Å². The van der Waals surface area contributed by atoms with E-state index < -0.39 is 0 Å². The largest absolute Gasteiger partial charge is 0.395 e. The van der Waals surface area contributed by atoms with Gasteiger partial charge in [0, 0.05) is 19.6 Å². The standard InChI is InChI=1S/C13H17N3O2/c1-10-15-12-5-3-2-4-11(12)13(18)16(10)8-6-14-7-9-17/h2-5,14,17H,6-9H2,1H3. The number of para-hydroxylation sites is 1. The van der Waals surface area contributed by atoms with Gasteiger partial charge in [-0.2, -0.15) is 0 Å². The lowest BCUT2D eigenvalue weighted by Crippen LogP contribution is -2.30. The molecule has 0 aliphatic heterocycles. The van der Waals surface area contributed by atoms with Crippen molar-refractivity contribution in [1.82, 2.24) is 14.9 Å². The van der Waals surface area contributed by atoms with Gasteiger partial charge >= 0.3 is 0 Å². The topological polar surface area (TPSA) is 67.2 Å². The van der Waals surface area contributed by atoms with Crippen LogP contribution in [0, 0.1) is 6.92 Å². The Morgan fingerprint density at radius 2 is 2.11 bits per heavy atom. The van der Waals surface area contributed by atoms with E-state index >= 15 is 0 Å². The van der Waals surface area contributed by atoms with Crippen molar-refractivity contribution >= 4 is 10.9 Å². The summed E-state index contributed by atoms with van der Waals surface area (Å²) in [5.41, 5.74) is 0.725. The predicted molar refractivity (Wildman–Crippen MR) is 70.7 cm³/mol. The normalized spacial score (nSPS) is 11.0. The van der Waals surface area contributed by atoms with Crippen LogP contribution in [-0.2, 0) is 6.54 Å². The third-order valence-corrected chi connectivity index (χ3v) is 2.85. The SMILES string of the molecule is Cc1nc2ccccc2c(=O)n1CCNCCO. The van der Waals surface area contributed by atoms with Gasteiger partial charge < -0.3 is 10.4 Å². The first kappa shape index (κ1) is 12.7. The zero-order valence-corrected chi connectivity index (χ0v) is 10.4. The molecule has 1 heterocycles. The number of hydrogen-bond acceptors (Lipinski definition) is 4. The number of aliphatic hydroxyl groups is 1. The lowest BCUT2D eigenvalue weighted by molar-refractivity contribution is 0.291. The molecule has 2 rings (SSSR count). The molecule has 1 aromatic heterocycles. The van der Waals surface area contributed by atoms with Crippen molar-refractivity contribution in [2.75, 3.05) is 19.7 Å². The molecule has 2 N–H and O–H groups in total. The number of aliphatic hydroxyl groups excluding tert-OH is 1. The maximum Gasteiger partial charge on any atom is 0.261 e. The quantitative estimate of drug-likeness (QED) is 0.745. The van der Waals surface area contributed by atoms with Crippen LogP contribution in [0.2, 0.25) is 0 Å². The number of nitrogens with zero attached hydrogens (tertiary/aromatic N) is 2. The van der Waals surface area contributed by atoms with E-state index in [2.05, 4.69) is 10.3 Å². The minimum absolute atomic E-state index is 0.0103. The van der Waals surface area contributed by atoms with Gasteiger partial charge in [0.15, 0.2) is 0 Å². The molecule has 0 amide bonds. The fourth-order valence-corrected chi connectivity index (χ4v) is 1.94. The van der Waals surface area contributed by atoms with Crippen molar-refractivity contribution in [2.45, 2.75) is 13.5 Å². The lowest BCUT2D eigenvalue weighted by atomic mass is 10.2. The molecule has 5 nitrogen and oxygen atoms in total. The van der Waals surface area contributed by atoms with Gasteiger partial charge in [-0.25, -0.2) is 4.98 Å². The van der Waals surface area contributed by atoms with Crippen molar-refractivity contribution in [3.63, 3.8) is 0 Å². The van der Waals surface area contributed by atoms with Crippen LogP contribution in [0.25, 0.3) is 10.9 Å². The molecular weight excluding hydrogens is 230 g/mol. The van der Waals surface area contributed by atoms with E-state index in [0.29, 0.717) is 30.8 Å². The minimum atomic E-state index is -0.0103. The number of aryl methyl sites for hydroxylation is 1. The average Bonchev–Trinajstić information content (AvgIpc) is 2.38. The van der Waals surface area contributed by atoms with Gasteiger partial charge in [0.2, 0.25) is 0 Å². The third-order valence-electron chi connectivity index (χ3n) is 2.85. The van der Waals surface area contributed by atoms with Gasteiger partial charge in [0.25, 0.3) is 5.56 Å². The Morgan fingerprint density at radius 3 is 2.89 bits per heavy atom. The van der Waals surface area contributed by atoms with Gasteiger partial charge in [0.1, 0.15) is 5.82 Å². The second-order valence-corrected chi connectivity index (χ2v) is 4.11. The highest BCUT2D eigenvalue weighted by Gasteiger charge is 2.06. The predicted octanol–water partition coefficient (Wildman–Crippen LogP) is 0.287. The number of fused-ring (bicyclic) bond motifs is 1. The lowest BCUT2D eigenvalue weighted by Gasteiger charge is -2.10. The van der Waals surface area contributed by atoms with E-state index in [9.17, 15) is 4.79 Å². The number of nitrogens with one attached hydrogen (secondary N) is 1. The summed E-state index contributed by atoms with van der Waals surface area (Å²) < 4.78 is 1.66. The van der Waals surface area contributed by atoms with Gasteiger partial charge in [-0.15, -0.1) is 0 Å². The van der Waals surface area contributed by atoms with E-state index in [-0.39, 0.29) is 12.2 Å². The highest BCUT2D eigenvalue weighted by molar-refractivity contribution is 5.77. The Bertz CT molecular complexity index is 592. The number of hydrogen-bond donors (Lipinski definition) is 2. The van der Waals surface area contributed by atoms with E-state index in [4.69, 9.17) is 5.11 Å². The summed E-state index contributed by atoms with van der Waals surface area (Å²) in [6.45, 7) is 3.67. The van der Waals surface area contributed by atoms with Crippen LogP contribution >= 0.6 is 0 Å². The fraction of sp³-hybridized carbons (Fsp3) is 0.385. The summed E-state index contributed by atoms with van der Waals surface area (Å²) in [4.78, 5) is 16.7. The molecule has 0 bridgehead atoms. The Balaban J connectivity index is 2.30. The summed E-state index contributed by atoms with van der Waals surface area (Å²) in [6.07, 6.45) is 0. The van der Waals surface area contributed by atoms with Crippen LogP contribution < -0.4 is 10.9 Å². The highest BCUT2D eigenvalue weighted by atomic mass is 16.3. The first-order chi connectivity index (χ1) is 8.74. The number of rotatable bonds is 5. The Morgan fingerprint density at radius 1 is 1.33 bits per heavy atom. The molecule has 5 heteroatoms. The van der Waals surface area contributed by atoms with Crippen molar-refractivity contribution in [1.29, 1.82) is 0 Å². The van der Waals surface area contributed by atoms with Crippen LogP contribution in [0.15, 0.2) is 29.1 Å². The smallest absolute Gasteiger partial charge is 0.261 e. The van der Waals surface area contributed by atoms with Crippen molar-refractivity contribution in [3.05, 3.63) is 40.4 Å². The number of aromatic nitrogens is 2. The fourth-order valence-electron chi connectivity index (χ4n) is 1.94. The monoisotopic (exact) mass is 247 g/mol. The van der Waals surface area contributed by atoms with E-state index in [1.807, 2.05) is 25.1 Å². The Kier molecular flexibility index (Phi) is 4.07. The molecular formula is C13H17N3O2. The Labute approximate surface area is 105 Å². The molecule has 0 spiro atoms. The molecule has 18 heavy (non-hydrogen) atoms. The van der Waals surface area contributed by atoms with Crippen LogP contribution in [0.1, 0.15) is 5.82 Å². The summed E-state index contributed by atoms with van der Waals surface area (Å²) in [6, 6.07) is 7.36. The van der Waals surface area contributed by atoms with Crippen molar-refractivity contribution in [2.24, 2.45) is 0 Å². The van der Waals surface area contributed by atoms with E-state index in [0.717, 1.165) is 5.52 Å². The van der Waals surface area contributed by atoms with Crippen LogP contribution in [0.4, 0.5) is 0 Å². The minimum Gasteiger partial charge on any atom is -0.395 e. The summed E-state index contributed by atoms with van der Waals surface area (Å²) >= 11 is 0. The zero-order valence-electron chi connectivity index (χ0n) is 10.4. The summed E-state index contributed by atoms with van der Waals surface area (Å²) in [5.74, 6) is 0.712. The van der Waals surface area contributed by atoms with Crippen LogP contribution in [-0.4, -0.2) is 34.4 Å². The molecule has 2 aromatic rings. The maximum atomic E-state index is 12.3. The molecule has 0 unspecified atom stereocenters. The molecule has 1 aromatic carbocycles. The Hall–Kier alpha value is -1.72. The summed E-state index contributed by atoms with van der Waals surface area (Å²) in [5, 5.41) is 12.4. The van der Waals surface area contributed by atoms with Gasteiger partial charge in [-0.1, -0.05) is 12.1 Å². The molecule has 0 fully saturated rings. The van der Waals surface area contributed by atoms with E-state index in [1.165, 1.54) is 0 Å². The summed E-state index contributed by atoms with van der Waals surface area (Å²) in [7, 11) is 0. The molecule has 0 radical (unpaired) electrons. The molecule has 0 aliphatic carbocycles. The van der Waals surface area contributed by atoms with Crippen molar-refractivity contribution < 1.29 is 5.11 Å². The van der Waals surface area contributed by atoms with Gasteiger partial charge in [-0.05, 0) is 19.1 Å². The molecule has 0 saturated carbocycles. The van der Waals surface area contributed by atoms with Gasteiger partial charge in [0.05, 0.1) is 17.5 Å². The van der Waals surface area contributed by atoms with Crippen LogP contribution in [0.3, 0.4) is 0 Å². The third kappa shape index (κ3) is 2.57. The second kappa shape index (κ2) is 5.75. The van der Waals surface area contributed by atoms with Crippen LogP contribution in [0.5, 0.6) is 0 Å². The second-order valence-electron chi connectivity index (χ2n) is 4.11. The van der Waals surface area contributed by atoms with Crippen molar-refractivity contribution in [3.8, 4) is 0 Å². The molecule has 0 saturated heterocycles. The molecule has 0 atom stereocenters. The zero-order chi connectivity index (χ0) is 13.0. The average molecular weight is 247 g/mol. The first-order valence-electron chi connectivity index (χ1n) is 6.02.